The third kappa shape index (κ3) is 3.18. The van der Waals surface area contributed by atoms with E-state index in [2.05, 4.69) is 30.5 Å². The quantitative estimate of drug-likeness (QED) is 0.793. The molecule has 1 atom stereocenters. The zero-order valence-electron chi connectivity index (χ0n) is 9.85. The van der Waals surface area contributed by atoms with Gasteiger partial charge in [-0.3, -0.25) is 0 Å². The van der Waals surface area contributed by atoms with Crippen molar-refractivity contribution in [1.29, 1.82) is 5.26 Å². The fourth-order valence-corrected chi connectivity index (χ4v) is 2.08. The first kappa shape index (κ1) is 12.9. The van der Waals surface area contributed by atoms with Crippen LogP contribution in [0.5, 0.6) is 0 Å². The van der Waals surface area contributed by atoms with Gasteiger partial charge in [0.05, 0.1) is 11.3 Å². The van der Waals surface area contributed by atoms with Gasteiger partial charge >= 0.3 is 0 Å². The highest BCUT2D eigenvalue weighted by Crippen LogP contribution is 2.20. The Labute approximate surface area is 103 Å². The minimum Gasteiger partial charge on any atom is -0.373 e. The van der Waals surface area contributed by atoms with Crippen LogP contribution in [0.3, 0.4) is 0 Å². The number of nitriles is 1. The maximum atomic E-state index is 9.02. The molecular formula is C13H18N2S. The smallest absolute Gasteiger partial charge is 0.101 e. The number of benzene rings is 1. The Morgan fingerprint density at radius 2 is 2.12 bits per heavy atom. The van der Waals surface area contributed by atoms with E-state index < -0.39 is 0 Å². The maximum absolute atomic E-state index is 9.02. The van der Waals surface area contributed by atoms with Crippen molar-refractivity contribution in [3.8, 4) is 6.07 Å². The Balaban J connectivity index is 2.80. The first-order valence-corrected chi connectivity index (χ1v) is 6.17. The van der Waals surface area contributed by atoms with E-state index in [4.69, 9.17) is 5.26 Å². The van der Waals surface area contributed by atoms with Crippen LogP contribution < -0.4 is 4.90 Å². The second-order valence-corrected chi connectivity index (χ2v) is 4.33. The van der Waals surface area contributed by atoms with Crippen LogP contribution in [0.2, 0.25) is 0 Å². The summed E-state index contributed by atoms with van der Waals surface area (Å²) in [5.41, 5.74) is 1.74. The lowest BCUT2D eigenvalue weighted by atomic mass is 10.1. The molecule has 0 spiro atoms. The van der Waals surface area contributed by atoms with Crippen LogP contribution in [0.15, 0.2) is 24.3 Å². The highest BCUT2D eigenvalue weighted by atomic mass is 32.1. The van der Waals surface area contributed by atoms with Crippen LogP contribution in [-0.4, -0.2) is 19.3 Å². The molecule has 86 valence electrons. The van der Waals surface area contributed by atoms with E-state index in [-0.39, 0.29) is 0 Å². The van der Waals surface area contributed by atoms with Crippen LogP contribution >= 0.6 is 12.6 Å². The summed E-state index contributed by atoms with van der Waals surface area (Å²) in [5, 5.41) is 9.02. The van der Waals surface area contributed by atoms with Crippen LogP contribution in [-0.2, 0) is 0 Å². The first-order valence-electron chi connectivity index (χ1n) is 5.54. The molecule has 0 saturated heterocycles. The molecule has 0 saturated carbocycles. The predicted octanol–water partition coefficient (Wildman–Crippen LogP) is 2.95. The molecule has 1 unspecified atom stereocenters. The maximum Gasteiger partial charge on any atom is 0.101 e. The summed E-state index contributed by atoms with van der Waals surface area (Å²) in [6.45, 7) is 3.11. The summed E-state index contributed by atoms with van der Waals surface area (Å²) in [6.07, 6.45) is 1.11. The van der Waals surface area contributed by atoms with Gasteiger partial charge in [0, 0.05) is 13.6 Å². The third-order valence-corrected chi connectivity index (χ3v) is 3.32. The van der Waals surface area contributed by atoms with Crippen molar-refractivity contribution < 1.29 is 0 Å². The fourth-order valence-electron chi connectivity index (χ4n) is 1.70. The topological polar surface area (TPSA) is 27.0 Å². The minimum atomic E-state index is 0.570. The van der Waals surface area contributed by atoms with Crippen molar-refractivity contribution in [1.82, 2.24) is 0 Å². The minimum absolute atomic E-state index is 0.570. The highest BCUT2D eigenvalue weighted by Gasteiger charge is 2.11. The summed E-state index contributed by atoms with van der Waals surface area (Å²) in [7, 11) is 2.03. The van der Waals surface area contributed by atoms with Gasteiger partial charge in [0.2, 0.25) is 0 Å². The molecule has 0 aliphatic rings. The summed E-state index contributed by atoms with van der Waals surface area (Å²) in [6, 6.07) is 9.93. The molecular weight excluding hydrogens is 216 g/mol. The average molecular weight is 234 g/mol. The van der Waals surface area contributed by atoms with Crippen molar-refractivity contribution in [2.24, 2.45) is 5.92 Å². The molecule has 0 aliphatic heterocycles. The van der Waals surface area contributed by atoms with Crippen LogP contribution in [0.4, 0.5) is 5.69 Å². The standard InChI is InChI=1S/C13H18N2S/c1-3-11(10-16)9-15(2)13-7-5-4-6-12(13)8-14/h4-7,11,16H,3,9-10H2,1-2H3. The molecule has 0 radical (unpaired) electrons. The molecule has 3 heteroatoms. The monoisotopic (exact) mass is 234 g/mol. The second-order valence-electron chi connectivity index (χ2n) is 3.97. The SMILES string of the molecule is CCC(CS)CN(C)c1ccccc1C#N. The number of thiol groups is 1. The third-order valence-electron chi connectivity index (χ3n) is 2.80. The Hall–Kier alpha value is -1.14. The summed E-state index contributed by atoms with van der Waals surface area (Å²) >= 11 is 4.34. The van der Waals surface area contributed by atoms with Gasteiger partial charge in [-0.15, -0.1) is 0 Å². The van der Waals surface area contributed by atoms with Crippen LogP contribution in [0.1, 0.15) is 18.9 Å². The van der Waals surface area contributed by atoms with E-state index in [0.29, 0.717) is 5.92 Å². The van der Waals surface area contributed by atoms with E-state index in [1.54, 1.807) is 0 Å². The van der Waals surface area contributed by atoms with Crippen molar-refractivity contribution in [3.05, 3.63) is 29.8 Å². The molecule has 1 aromatic rings. The van der Waals surface area contributed by atoms with Gasteiger partial charge in [0.15, 0.2) is 0 Å². The van der Waals surface area contributed by atoms with E-state index in [0.717, 1.165) is 30.0 Å². The lowest BCUT2D eigenvalue weighted by Crippen LogP contribution is -2.26. The van der Waals surface area contributed by atoms with E-state index in [1.165, 1.54) is 0 Å². The molecule has 0 bridgehead atoms. The van der Waals surface area contributed by atoms with Crippen molar-refractivity contribution in [2.75, 3.05) is 24.2 Å². The zero-order valence-corrected chi connectivity index (χ0v) is 10.7. The Morgan fingerprint density at radius 1 is 1.44 bits per heavy atom. The number of hydrogen-bond acceptors (Lipinski definition) is 3. The summed E-state index contributed by atoms with van der Waals surface area (Å²) in [5.74, 6) is 1.45. The van der Waals surface area contributed by atoms with Crippen LogP contribution in [0.25, 0.3) is 0 Å². The molecule has 0 N–H and O–H groups in total. The molecule has 1 rings (SSSR count). The number of anilines is 1. The van der Waals surface area contributed by atoms with E-state index >= 15 is 0 Å². The molecule has 0 heterocycles. The lowest BCUT2D eigenvalue weighted by molar-refractivity contribution is 0.570. The van der Waals surface area contributed by atoms with Gasteiger partial charge in [0.1, 0.15) is 6.07 Å². The molecule has 2 nitrogen and oxygen atoms in total. The highest BCUT2D eigenvalue weighted by molar-refractivity contribution is 7.80. The van der Waals surface area contributed by atoms with E-state index in [9.17, 15) is 0 Å². The molecule has 1 aromatic carbocycles. The number of hydrogen-bond donors (Lipinski definition) is 1. The zero-order chi connectivity index (χ0) is 12.0. The normalized spacial score (nSPS) is 11.9. The number of nitrogens with zero attached hydrogens (tertiary/aromatic N) is 2. The number of para-hydroxylation sites is 1. The Kier molecular flexibility index (Phi) is 5.21. The molecule has 0 aromatic heterocycles. The van der Waals surface area contributed by atoms with Crippen molar-refractivity contribution >= 4 is 18.3 Å². The van der Waals surface area contributed by atoms with Gasteiger partial charge in [-0.1, -0.05) is 25.5 Å². The number of rotatable bonds is 5. The fraction of sp³-hybridized carbons (Fsp3) is 0.462. The Morgan fingerprint density at radius 3 is 2.69 bits per heavy atom. The molecule has 16 heavy (non-hydrogen) atoms. The molecule has 0 fully saturated rings. The van der Waals surface area contributed by atoms with Gasteiger partial charge in [-0.2, -0.15) is 17.9 Å². The van der Waals surface area contributed by atoms with Gasteiger partial charge in [-0.25, -0.2) is 0 Å². The predicted molar refractivity (Wildman–Crippen MR) is 72.1 cm³/mol. The van der Waals surface area contributed by atoms with Crippen molar-refractivity contribution in [3.63, 3.8) is 0 Å². The largest absolute Gasteiger partial charge is 0.373 e. The molecule has 0 amide bonds. The van der Waals surface area contributed by atoms with Crippen LogP contribution in [0, 0.1) is 17.2 Å². The summed E-state index contributed by atoms with van der Waals surface area (Å²) in [4.78, 5) is 2.14. The van der Waals surface area contributed by atoms with E-state index in [1.807, 2.05) is 31.3 Å². The molecule has 0 aliphatic carbocycles. The van der Waals surface area contributed by atoms with Gasteiger partial charge in [0.25, 0.3) is 0 Å². The van der Waals surface area contributed by atoms with Gasteiger partial charge in [-0.05, 0) is 23.8 Å². The lowest BCUT2D eigenvalue weighted by Gasteiger charge is -2.24. The Bertz CT molecular complexity index is 366. The van der Waals surface area contributed by atoms with Gasteiger partial charge < -0.3 is 4.90 Å². The summed E-state index contributed by atoms with van der Waals surface area (Å²) < 4.78 is 0. The first-order chi connectivity index (χ1) is 7.72. The average Bonchev–Trinajstić information content (AvgIpc) is 2.35. The van der Waals surface area contributed by atoms with Crippen molar-refractivity contribution in [2.45, 2.75) is 13.3 Å². The second kappa shape index (κ2) is 6.44.